The van der Waals surface area contributed by atoms with Crippen LogP contribution in [-0.4, -0.2) is 34.1 Å². The number of aryl methyl sites for hydroxylation is 1. The summed E-state index contributed by atoms with van der Waals surface area (Å²) in [6, 6.07) is 2.39. The van der Waals surface area contributed by atoms with Crippen LogP contribution in [0.25, 0.3) is 0 Å². The van der Waals surface area contributed by atoms with Crippen LogP contribution in [-0.2, 0) is 13.5 Å². The highest BCUT2D eigenvalue weighted by Crippen LogP contribution is 2.21. The minimum Gasteiger partial charge on any atom is -0.396 e. The summed E-state index contributed by atoms with van der Waals surface area (Å²) < 4.78 is 1.90. The van der Waals surface area contributed by atoms with Crippen LogP contribution < -0.4 is 5.32 Å². The number of aliphatic hydroxyl groups excluding tert-OH is 1. The molecule has 1 heterocycles. The molecule has 98 valence electrons. The molecule has 4 nitrogen and oxygen atoms in total. The number of nitrogens with zero attached hydrogens (tertiary/aromatic N) is 2. The van der Waals surface area contributed by atoms with E-state index in [2.05, 4.69) is 31.2 Å². The Morgan fingerprint density at radius 3 is 2.65 bits per heavy atom. The second-order valence-electron chi connectivity index (χ2n) is 5.58. The van der Waals surface area contributed by atoms with Crippen LogP contribution in [0.15, 0.2) is 12.3 Å². The van der Waals surface area contributed by atoms with Gasteiger partial charge in [0.05, 0.1) is 0 Å². The summed E-state index contributed by atoms with van der Waals surface area (Å²) in [6.45, 7) is 7.75. The molecule has 1 aromatic heterocycles. The highest BCUT2D eigenvalue weighted by atomic mass is 16.3. The number of aliphatic hydroxyl groups is 1. The van der Waals surface area contributed by atoms with Gasteiger partial charge in [-0.1, -0.05) is 20.8 Å². The Kier molecular flexibility index (Phi) is 5.15. The van der Waals surface area contributed by atoms with Crippen LogP contribution in [0.3, 0.4) is 0 Å². The molecule has 0 aliphatic heterocycles. The van der Waals surface area contributed by atoms with E-state index in [1.807, 2.05) is 24.0 Å². The fraction of sp³-hybridized carbons (Fsp3) is 0.769. The predicted octanol–water partition coefficient (Wildman–Crippen LogP) is 1.35. The molecule has 0 fully saturated rings. The first-order valence-electron chi connectivity index (χ1n) is 6.26. The van der Waals surface area contributed by atoms with Crippen LogP contribution in [0.2, 0.25) is 0 Å². The highest BCUT2D eigenvalue weighted by molar-refractivity contribution is 5.00. The fourth-order valence-corrected chi connectivity index (χ4v) is 1.99. The Morgan fingerprint density at radius 1 is 1.47 bits per heavy atom. The second-order valence-corrected chi connectivity index (χ2v) is 5.58. The van der Waals surface area contributed by atoms with Gasteiger partial charge in [0.15, 0.2) is 0 Å². The van der Waals surface area contributed by atoms with Gasteiger partial charge in [0.1, 0.15) is 0 Å². The summed E-state index contributed by atoms with van der Waals surface area (Å²) >= 11 is 0. The van der Waals surface area contributed by atoms with Crippen molar-refractivity contribution in [2.24, 2.45) is 12.5 Å². The van der Waals surface area contributed by atoms with Crippen molar-refractivity contribution >= 4 is 0 Å². The SMILES string of the molecule is Cn1nccc1CCNC(CCO)C(C)(C)C. The molecule has 0 aliphatic carbocycles. The van der Waals surface area contributed by atoms with E-state index in [9.17, 15) is 0 Å². The average Bonchev–Trinajstić information content (AvgIpc) is 2.62. The van der Waals surface area contributed by atoms with Gasteiger partial charge in [-0.2, -0.15) is 5.10 Å². The van der Waals surface area contributed by atoms with Crippen LogP contribution >= 0.6 is 0 Å². The molecule has 1 atom stereocenters. The van der Waals surface area contributed by atoms with Crippen molar-refractivity contribution in [2.45, 2.75) is 39.7 Å². The molecule has 2 N–H and O–H groups in total. The van der Waals surface area contributed by atoms with Crippen molar-refractivity contribution in [3.8, 4) is 0 Å². The van der Waals surface area contributed by atoms with E-state index in [0.717, 1.165) is 19.4 Å². The first-order chi connectivity index (χ1) is 7.95. The van der Waals surface area contributed by atoms with Crippen LogP contribution in [0, 0.1) is 5.41 Å². The smallest absolute Gasteiger partial charge is 0.0492 e. The zero-order valence-corrected chi connectivity index (χ0v) is 11.4. The van der Waals surface area contributed by atoms with Gasteiger partial charge in [-0.3, -0.25) is 4.68 Å². The summed E-state index contributed by atoms with van der Waals surface area (Å²) in [5.41, 5.74) is 1.41. The number of nitrogens with one attached hydrogen (secondary N) is 1. The normalized spacial score (nSPS) is 13.9. The highest BCUT2D eigenvalue weighted by Gasteiger charge is 2.23. The number of rotatable bonds is 6. The first kappa shape index (κ1) is 14.2. The molecule has 0 aliphatic rings. The van der Waals surface area contributed by atoms with E-state index in [-0.39, 0.29) is 12.0 Å². The minimum absolute atomic E-state index is 0.176. The lowest BCUT2D eigenvalue weighted by Crippen LogP contribution is -2.42. The zero-order chi connectivity index (χ0) is 12.9. The van der Waals surface area contributed by atoms with E-state index in [1.54, 1.807) is 0 Å². The van der Waals surface area contributed by atoms with E-state index >= 15 is 0 Å². The molecule has 0 spiro atoms. The molecular formula is C13H25N3O. The summed E-state index contributed by atoms with van der Waals surface area (Å²) in [4.78, 5) is 0. The molecular weight excluding hydrogens is 214 g/mol. The van der Waals surface area contributed by atoms with Crippen molar-refractivity contribution in [1.82, 2.24) is 15.1 Å². The molecule has 0 aromatic carbocycles. The third-order valence-corrected chi connectivity index (χ3v) is 3.16. The van der Waals surface area contributed by atoms with Crippen molar-refractivity contribution in [2.75, 3.05) is 13.2 Å². The summed E-state index contributed by atoms with van der Waals surface area (Å²) in [7, 11) is 1.96. The summed E-state index contributed by atoms with van der Waals surface area (Å²) in [5, 5.41) is 16.7. The maximum absolute atomic E-state index is 9.07. The van der Waals surface area contributed by atoms with Gasteiger partial charge in [0, 0.05) is 44.6 Å². The summed E-state index contributed by atoms with van der Waals surface area (Å²) in [6.07, 6.45) is 3.59. The van der Waals surface area contributed by atoms with Gasteiger partial charge in [0.25, 0.3) is 0 Å². The summed E-state index contributed by atoms with van der Waals surface area (Å²) in [5.74, 6) is 0. The lowest BCUT2D eigenvalue weighted by molar-refractivity contribution is 0.198. The Morgan fingerprint density at radius 2 is 2.18 bits per heavy atom. The molecule has 1 unspecified atom stereocenters. The largest absolute Gasteiger partial charge is 0.396 e. The van der Waals surface area contributed by atoms with Crippen LogP contribution in [0.4, 0.5) is 0 Å². The van der Waals surface area contributed by atoms with Gasteiger partial charge in [-0.25, -0.2) is 0 Å². The quantitative estimate of drug-likeness (QED) is 0.788. The third-order valence-electron chi connectivity index (χ3n) is 3.16. The Hall–Kier alpha value is -0.870. The standard InChI is InChI=1S/C13H25N3O/c1-13(2,3)12(7-10-17)14-8-5-11-6-9-15-16(11)4/h6,9,12,14,17H,5,7-8,10H2,1-4H3. The molecule has 0 saturated heterocycles. The molecule has 17 heavy (non-hydrogen) atoms. The van der Waals surface area contributed by atoms with Crippen LogP contribution in [0.1, 0.15) is 32.9 Å². The lowest BCUT2D eigenvalue weighted by atomic mass is 9.85. The topological polar surface area (TPSA) is 50.1 Å². The first-order valence-corrected chi connectivity index (χ1v) is 6.26. The zero-order valence-electron chi connectivity index (χ0n) is 11.4. The van der Waals surface area contributed by atoms with Crippen molar-refractivity contribution in [1.29, 1.82) is 0 Å². The second kappa shape index (κ2) is 6.17. The average molecular weight is 239 g/mol. The van der Waals surface area contributed by atoms with E-state index in [0.29, 0.717) is 6.04 Å². The Labute approximate surface area is 104 Å². The predicted molar refractivity (Wildman–Crippen MR) is 69.9 cm³/mol. The Balaban J connectivity index is 2.40. The molecule has 0 saturated carbocycles. The van der Waals surface area contributed by atoms with Gasteiger partial charge in [-0.15, -0.1) is 0 Å². The molecule has 1 rings (SSSR count). The molecule has 1 aromatic rings. The van der Waals surface area contributed by atoms with Crippen molar-refractivity contribution < 1.29 is 5.11 Å². The monoisotopic (exact) mass is 239 g/mol. The van der Waals surface area contributed by atoms with Gasteiger partial charge in [-0.05, 0) is 17.9 Å². The van der Waals surface area contributed by atoms with E-state index < -0.39 is 0 Å². The third kappa shape index (κ3) is 4.48. The maximum Gasteiger partial charge on any atom is 0.0492 e. The van der Waals surface area contributed by atoms with E-state index in [4.69, 9.17) is 5.11 Å². The van der Waals surface area contributed by atoms with E-state index in [1.165, 1.54) is 5.69 Å². The van der Waals surface area contributed by atoms with Crippen molar-refractivity contribution in [3.05, 3.63) is 18.0 Å². The molecule has 0 bridgehead atoms. The minimum atomic E-state index is 0.176. The number of hydrogen-bond donors (Lipinski definition) is 2. The van der Waals surface area contributed by atoms with Crippen molar-refractivity contribution in [3.63, 3.8) is 0 Å². The number of hydrogen-bond acceptors (Lipinski definition) is 3. The maximum atomic E-state index is 9.07. The fourth-order valence-electron chi connectivity index (χ4n) is 1.99. The Bertz CT molecular complexity index is 328. The van der Waals surface area contributed by atoms with Gasteiger partial charge in [0.2, 0.25) is 0 Å². The molecule has 4 heteroatoms. The molecule has 0 amide bonds. The van der Waals surface area contributed by atoms with Gasteiger partial charge >= 0.3 is 0 Å². The van der Waals surface area contributed by atoms with Gasteiger partial charge < -0.3 is 10.4 Å². The number of aromatic nitrogens is 2. The lowest BCUT2D eigenvalue weighted by Gasteiger charge is -2.31. The molecule has 0 radical (unpaired) electrons. The van der Waals surface area contributed by atoms with Crippen LogP contribution in [0.5, 0.6) is 0 Å².